The molecule has 0 aliphatic carbocycles. The van der Waals surface area contributed by atoms with Gasteiger partial charge in [-0.1, -0.05) is 6.07 Å². The zero-order valence-corrected chi connectivity index (χ0v) is 10.9. The fraction of sp³-hybridized carbons (Fsp3) is 0.385. The lowest BCUT2D eigenvalue weighted by molar-refractivity contribution is -0.142. The number of ether oxygens (including phenoxy) is 1. The highest BCUT2D eigenvalue weighted by Crippen LogP contribution is 2.11. The number of carbonyl (C=O) groups is 2. The van der Waals surface area contributed by atoms with Gasteiger partial charge in [0.25, 0.3) is 5.91 Å². The van der Waals surface area contributed by atoms with Crippen molar-refractivity contribution in [3.8, 4) is 5.75 Å². The maximum atomic E-state index is 12.8. The molecule has 1 aromatic carbocycles. The van der Waals surface area contributed by atoms with Crippen molar-refractivity contribution in [1.82, 2.24) is 5.32 Å². The number of nitrogens with one attached hydrogen (secondary N) is 1. The van der Waals surface area contributed by atoms with Crippen molar-refractivity contribution >= 4 is 11.9 Å². The Morgan fingerprint density at radius 2 is 2.15 bits per heavy atom. The molecule has 6 nitrogen and oxygen atoms in total. The quantitative estimate of drug-likeness (QED) is 0.680. The number of aliphatic hydroxyl groups is 1. The Morgan fingerprint density at radius 1 is 1.45 bits per heavy atom. The number of amides is 1. The van der Waals surface area contributed by atoms with Gasteiger partial charge in [-0.3, -0.25) is 9.59 Å². The van der Waals surface area contributed by atoms with Crippen LogP contribution in [-0.2, 0) is 9.59 Å². The van der Waals surface area contributed by atoms with Gasteiger partial charge in [0.15, 0.2) is 6.61 Å². The van der Waals surface area contributed by atoms with Gasteiger partial charge < -0.3 is 20.3 Å². The Kier molecular flexibility index (Phi) is 5.45. The van der Waals surface area contributed by atoms with Crippen LogP contribution in [0, 0.1) is 5.82 Å². The summed E-state index contributed by atoms with van der Waals surface area (Å²) in [7, 11) is 0. The van der Waals surface area contributed by atoms with Crippen LogP contribution in [0.25, 0.3) is 0 Å². The first-order valence-corrected chi connectivity index (χ1v) is 5.88. The monoisotopic (exact) mass is 285 g/mol. The molecule has 1 atom stereocenters. The summed E-state index contributed by atoms with van der Waals surface area (Å²) in [5.74, 6) is -1.98. The maximum absolute atomic E-state index is 12.8. The molecular formula is C13H16FNO5. The first-order chi connectivity index (χ1) is 9.28. The number of carboxylic acids is 1. The first kappa shape index (κ1) is 15.9. The summed E-state index contributed by atoms with van der Waals surface area (Å²) in [6, 6.07) is 5.32. The minimum absolute atomic E-state index is 0.206. The van der Waals surface area contributed by atoms with Crippen LogP contribution in [0.2, 0.25) is 0 Å². The Morgan fingerprint density at radius 3 is 2.75 bits per heavy atom. The first-order valence-electron chi connectivity index (χ1n) is 5.88. The number of rotatable bonds is 7. The topological polar surface area (TPSA) is 95.9 Å². The molecule has 1 aromatic rings. The average Bonchev–Trinajstić information content (AvgIpc) is 2.32. The highest BCUT2D eigenvalue weighted by molar-refractivity contribution is 5.77. The molecule has 7 heteroatoms. The lowest BCUT2D eigenvalue weighted by atomic mass is 10.0. The molecule has 0 fully saturated rings. The number of benzene rings is 1. The summed E-state index contributed by atoms with van der Waals surface area (Å²) >= 11 is 0. The molecule has 0 spiro atoms. The zero-order chi connectivity index (χ0) is 15.2. The van der Waals surface area contributed by atoms with Crippen LogP contribution < -0.4 is 10.1 Å². The van der Waals surface area contributed by atoms with Gasteiger partial charge in [0, 0.05) is 12.6 Å². The molecule has 0 heterocycles. The highest BCUT2D eigenvalue weighted by atomic mass is 19.1. The molecule has 0 aliphatic heterocycles. The smallest absolute Gasteiger partial charge is 0.306 e. The Bertz CT molecular complexity index is 489. The van der Waals surface area contributed by atoms with Crippen LogP contribution >= 0.6 is 0 Å². The third-order valence-corrected chi connectivity index (χ3v) is 2.36. The van der Waals surface area contributed by atoms with Crippen molar-refractivity contribution in [1.29, 1.82) is 0 Å². The lowest BCUT2D eigenvalue weighted by Crippen LogP contribution is -2.43. The predicted octanol–water partition coefficient (Wildman–Crippen LogP) is 0.546. The minimum Gasteiger partial charge on any atom is -0.484 e. The molecule has 1 rings (SSSR count). The van der Waals surface area contributed by atoms with E-state index in [1.807, 2.05) is 0 Å². The van der Waals surface area contributed by atoms with E-state index in [0.29, 0.717) is 0 Å². The SMILES string of the molecule is CC(O)(CNC(=O)COc1cccc(F)c1)CC(=O)O. The number of hydrogen-bond donors (Lipinski definition) is 3. The largest absolute Gasteiger partial charge is 0.484 e. The predicted molar refractivity (Wildman–Crippen MR) is 67.8 cm³/mol. The van der Waals surface area contributed by atoms with Gasteiger partial charge >= 0.3 is 5.97 Å². The van der Waals surface area contributed by atoms with Crippen molar-refractivity contribution < 1.29 is 28.9 Å². The zero-order valence-electron chi connectivity index (χ0n) is 10.9. The van der Waals surface area contributed by atoms with Gasteiger partial charge in [0.1, 0.15) is 11.6 Å². The molecular weight excluding hydrogens is 269 g/mol. The maximum Gasteiger partial charge on any atom is 0.306 e. The molecule has 1 amide bonds. The van der Waals surface area contributed by atoms with Crippen LogP contribution in [0.15, 0.2) is 24.3 Å². The van der Waals surface area contributed by atoms with Crippen LogP contribution in [0.1, 0.15) is 13.3 Å². The second-order valence-corrected chi connectivity index (χ2v) is 4.59. The Balaban J connectivity index is 2.35. The molecule has 110 valence electrons. The normalized spacial score (nSPS) is 13.3. The third kappa shape index (κ3) is 6.14. The van der Waals surface area contributed by atoms with E-state index in [1.165, 1.54) is 25.1 Å². The van der Waals surface area contributed by atoms with E-state index in [2.05, 4.69) is 5.32 Å². The minimum atomic E-state index is -1.54. The van der Waals surface area contributed by atoms with E-state index in [1.54, 1.807) is 0 Å². The number of halogens is 1. The summed E-state index contributed by atoms with van der Waals surface area (Å²) in [4.78, 5) is 21.9. The van der Waals surface area contributed by atoms with Crippen molar-refractivity contribution in [2.75, 3.05) is 13.2 Å². The highest BCUT2D eigenvalue weighted by Gasteiger charge is 2.24. The van der Waals surface area contributed by atoms with Gasteiger partial charge in [-0.05, 0) is 19.1 Å². The average molecular weight is 285 g/mol. The van der Waals surface area contributed by atoms with E-state index in [9.17, 15) is 19.1 Å². The number of carboxylic acid groups (broad SMARTS) is 1. The Hall–Kier alpha value is -2.15. The number of aliphatic carboxylic acids is 1. The lowest BCUT2D eigenvalue weighted by Gasteiger charge is -2.21. The second-order valence-electron chi connectivity index (χ2n) is 4.59. The van der Waals surface area contributed by atoms with Crippen LogP contribution in [-0.4, -0.2) is 40.8 Å². The number of hydrogen-bond acceptors (Lipinski definition) is 4. The summed E-state index contributed by atoms with van der Waals surface area (Å²) in [6.45, 7) is 0.728. The molecule has 1 unspecified atom stereocenters. The second kappa shape index (κ2) is 6.85. The standard InChI is InChI=1S/C13H16FNO5/c1-13(19,6-12(17)18)8-15-11(16)7-20-10-4-2-3-9(14)5-10/h2-5,19H,6-8H2,1H3,(H,15,16)(H,17,18). The molecule has 3 N–H and O–H groups in total. The van der Waals surface area contributed by atoms with Gasteiger partial charge in [-0.2, -0.15) is 0 Å². The van der Waals surface area contributed by atoms with Gasteiger partial charge in [-0.15, -0.1) is 0 Å². The van der Waals surface area contributed by atoms with E-state index in [-0.39, 0.29) is 18.9 Å². The van der Waals surface area contributed by atoms with Crippen molar-refractivity contribution in [2.45, 2.75) is 18.9 Å². The third-order valence-electron chi connectivity index (χ3n) is 2.36. The fourth-order valence-corrected chi connectivity index (χ4v) is 1.43. The van der Waals surface area contributed by atoms with Gasteiger partial charge in [0.05, 0.1) is 12.0 Å². The molecule has 0 aliphatic rings. The molecule has 0 bridgehead atoms. The molecule has 0 saturated heterocycles. The van der Waals surface area contributed by atoms with E-state index >= 15 is 0 Å². The summed E-state index contributed by atoms with van der Waals surface area (Å²) < 4.78 is 17.9. The van der Waals surface area contributed by atoms with Gasteiger partial charge in [0.2, 0.25) is 0 Å². The van der Waals surface area contributed by atoms with E-state index < -0.39 is 29.7 Å². The van der Waals surface area contributed by atoms with Crippen molar-refractivity contribution in [3.63, 3.8) is 0 Å². The van der Waals surface area contributed by atoms with Crippen LogP contribution in [0.4, 0.5) is 4.39 Å². The summed E-state index contributed by atoms with van der Waals surface area (Å²) in [5.41, 5.74) is -1.54. The summed E-state index contributed by atoms with van der Waals surface area (Å²) in [5, 5.41) is 20.6. The van der Waals surface area contributed by atoms with Crippen molar-refractivity contribution in [2.24, 2.45) is 0 Å². The van der Waals surface area contributed by atoms with Gasteiger partial charge in [-0.25, -0.2) is 4.39 Å². The fourth-order valence-electron chi connectivity index (χ4n) is 1.43. The van der Waals surface area contributed by atoms with Crippen LogP contribution in [0.3, 0.4) is 0 Å². The molecule has 0 saturated carbocycles. The van der Waals surface area contributed by atoms with Crippen LogP contribution in [0.5, 0.6) is 5.75 Å². The van der Waals surface area contributed by atoms with E-state index in [4.69, 9.17) is 9.84 Å². The van der Waals surface area contributed by atoms with Crippen molar-refractivity contribution in [3.05, 3.63) is 30.1 Å². The Labute approximate surface area is 115 Å². The number of carbonyl (C=O) groups excluding carboxylic acids is 1. The van der Waals surface area contributed by atoms with E-state index in [0.717, 1.165) is 6.07 Å². The molecule has 20 heavy (non-hydrogen) atoms. The molecule has 0 aromatic heterocycles. The summed E-state index contributed by atoms with van der Waals surface area (Å²) in [6.07, 6.45) is -0.488. The molecule has 0 radical (unpaired) electrons.